The number of hydrazone groups is 1. The van der Waals surface area contributed by atoms with Crippen molar-refractivity contribution >= 4 is 11.7 Å². The maximum absolute atomic E-state index is 12.6. The number of aryl methyl sites for hydroxylation is 2. The number of carbonyl (C=O) groups excluding carboxylic acids is 1. The highest BCUT2D eigenvalue weighted by Gasteiger charge is 2.27. The predicted molar refractivity (Wildman–Crippen MR) is 126 cm³/mol. The Hall–Kier alpha value is -3.61. The zero-order valence-corrected chi connectivity index (χ0v) is 19.4. The zero-order chi connectivity index (χ0) is 23.0. The first kappa shape index (κ1) is 21.6. The second kappa shape index (κ2) is 8.49. The molecule has 3 aromatic rings. The molecule has 7 nitrogen and oxygen atoms in total. The van der Waals surface area contributed by atoms with Gasteiger partial charge in [0, 0.05) is 25.2 Å². The summed E-state index contributed by atoms with van der Waals surface area (Å²) in [7, 11) is 5.32. The van der Waals surface area contributed by atoms with Crippen molar-refractivity contribution in [2.45, 2.75) is 33.2 Å². The lowest BCUT2D eigenvalue weighted by Crippen LogP contribution is -2.41. The van der Waals surface area contributed by atoms with E-state index in [1.165, 1.54) is 5.01 Å². The molecular weight excluding hydrogens is 402 g/mol. The maximum Gasteiger partial charge on any atom is 0.337 e. The molecule has 1 unspecified atom stereocenters. The van der Waals surface area contributed by atoms with Crippen molar-refractivity contribution in [3.8, 4) is 17.0 Å². The van der Waals surface area contributed by atoms with E-state index < -0.39 is 0 Å². The summed E-state index contributed by atoms with van der Waals surface area (Å²) in [6.45, 7) is 6.02. The highest BCUT2D eigenvalue weighted by molar-refractivity contribution is 6.14. The number of urea groups is 1. The molecule has 1 aliphatic rings. The first-order valence-electron chi connectivity index (χ1n) is 10.7. The SMILES string of the molecule is CNC(=O)N1N=C(c2ccc(-c3cnc(C)n3C)cc2)c2cc(C)c(OC)cc2CC1C. The second-order valence-electron chi connectivity index (χ2n) is 8.21. The molecule has 0 saturated carbocycles. The van der Waals surface area contributed by atoms with Crippen molar-refractivity contribution in [1.82, 2.24) is 19.9 Å². The highest BCUT2D eigenvalue weighted by Crippen LogP contribution is 2.30. The topological polar surface area (TPSA) is 71.8 Å². The first-order chi connectivity index (χ1) is 15.3. The van der Waals surface area contributed by atoms with Crippen LogP contribution in [0.4, 0.5) is 4.79 Å². The Morgan fingerprint density at radius 3 is 2.44 bits per heavy atom. The van der Waals surface area contributed by atoms with Gasteiger partial charge in [-0.1, -0.05) is 24.3 Å². The minimum atomic E-state index is -0.228. The molecular formula is C25H29N5O2. The minimum Gasteiger partial charge on any atom is -0.496 e. The summed E-state index contributed by atoms with van der Waals surface area (Å²) in [4.78, 5) is 17.0. The third-order valence-electron chi connectivity index (χ3n) is 6.11. The van der Waals surface area contributed by atoms with Crippen LogP contribution in [0.1, 0.15) is 35.0 Å². The molecule has 2 aromatic carbocycles. The van der Waals surface area contributed by atoms with E-state index in [9.17, 15) is 4.79 Å². The average Bonchev–Trinajstić information content (AvgIpc) is 3.05. The molecule has 1 aliphatic heterocycles. The summed E-state index contributed by atoms with van der Waals surface area (Å²) in [5.74, 6) is 1.80. The molecule has 1 atom stereocenters. The molecule has 166 valence electrons. The van der Waals surface area contributed by atoms with Crippen molar-refractivity contribution in [2.24, 2.45) is 12.1 Å². The van der Waals surface area contributed by atoms with Gasteiger partial charge in [-0.05, 0) is 56.0 Å². The molecule has 0 fully saturated rings. The van der Waals surface area contributed by atoms with Crippen LogP contribution in [0.2, 0.25) is 0 Å². The van der Waals surface area contributed by atoms with Crippen molar-refractivity contribution in [3.05, 3.63) is 70.7 Å². The molecule has 2 amide bonds. The quantitative estimate of drug-likeness (QED) is 0.680. The van der Waals surface area contributed by atoms with Crippen LogP contribution in [0.3, 0.4) is 0 Å². The van der Waals surface area contributed by atoms with Crippen LogP contribution in [0.15, 0.2) is 47.7 Å². The van der Waals surface area contributed by atoms with Crippen LogP contribution >= 0.6 is 0 Å². The van der Waals surface area contributed by atoms with Crippen molar-refractivity contribution in [2.75, 3.05) is 14.2 Å². The number of imidazole rings is 1. The number of methoxy groups -OCH3 is 1. The van der Waals surface area contributed by atoms with E-state index in [2.05, 4.69) is 51.3 Å². The van der Waals surface area contributed by atoms with Gasteiger partial charge in [0.15, 0.2) is 0 Å². The van der Waals surface area contributed by atoms with E-state index in [1.54, 1.807) is 14.2 Å². The molecule has 0 aliphatic carbocycles. The number of rotatable bonds is 3. The Bertz CT molecular complexity index is 1190. The maximum atomic E-state index is 12.6. The fourth-order valence-corrected chi connectivity index (χ4v) is 4.15. The molecule has 2 heterocycles. The summed E-state index contributed by atoms with van der Waals surface area (Å²) < 4.78 is 7.63. The largest absolute Gasteiger partial charge is 0.496 e. The molecule has 0 spiro atoms. The number of hydrogen-bond acceptors (Lipinski definition) is 4. The number of hydrogen-bond donors (Lipinski definition) is 1. The predicted octanol–water partition coefficient (Wildman–Crippen LogP) is 4.05. The Morgan fingerprint density at radius 2 is 1.84 bits per heavy atom. The van der Waals surface area contributed by atoms with Gasteiger partial charge in [-0.15, -0.1) is 0 Å². The molecule has 4 rings (SSSR count). The number of ether oxygens (including phenoxy) is 1. The molecule has 1 N–H and O–H groups in total. The summed E-state index contributed by atoms with van der Waals surface area (Å²) in [6.07, 6.45) is 2.56. The minimum absolute atomic E-state index is 0.102. The van der Waals surface area contributed by atoms with E-state index in [4.69, 9.17) is 9.84 Å². The highest BCUT2D eigenvalue weighted by atomic mass is 16.5. The number of nitrogens with one attached hydrogen (secondary N) is 1. The van der Waals surface area contributed by atoms with Gasteiger partial charge in [0.2, 0.25) is 0 Å². The van der Waals surface area contributed by atoms with E-state index in [0.29, 0.717) is 6.42 Å². The van der Waals surface area contributed by atoms with Crippen LogP contribution in [0.5, 0.6) is 5.75 Å². The standard InChI is InChI=1S/C25H29N5O2/c1-15-11-21-20(13-23(15)32-6)12-16(2)30(25(31)26-4)28-24(21)19-9-7-18(8-10-19)22-14-27-17(3)29(22)5/h7-11,13-14,16H,12H2,1-6H3,(H,26,31). The lowest BCUT2D eigenvalue weighted by atomic mass is 9.92. The smallest absolute Gasteiger partial charge is 0.337 e. The van der Waals surface area contributed by atoms with Crippen molar-refractivity contribution < 1.29 is 9.53 Å². The van der Waals surface area contributed by atoms with Gasteiger partial charge in [-0.3, -0.25) is 0 Å². The van der Waals surface area contributed by atoms with Crippen LogP contribution in [-0.2, 0) is 13.5 Å². The fourth-order valence-electron chi connectivity index (χ4n) is 4.15. The van der Waals surface area contributed by atoms with Gasteiger partial charge in [-0.2, -0.15) is 5.10 Å². The van der Waals surface area contributed by atoms with Gasteiger partial charge in [0.05, 0.1) is 30.8 Å². The summed E-state index contributed by atoms with van der Waals surface area (Å²) >= 11 is 0. The Balaban J connectivity index is 1.85. The number of fused-ring (bicyclic) bond motifs is 1. The summed E-state index contributed by atoms with van der Waals surface area (Å²) in [5, 5.41) is 9.09. The summed E-state index contributed by atoms with van der Waals surface area (Å²) in [5.41, 5.74) is 7.00. The molecule has 7 heteroatoms. The average molecular weight is 432 g/mol. The molecule has 1 aromatic heterocycles. The lowest BCUT2D eigenvalue weighted by molar-refractivity contribution is 0.184. The third kappa shape index (κ3) is 3.75. The summed E-state index contributed by atoms with van der Waals surface area (Å²) in [6, 6.07) is 12.1. The number of nitrogens with zero attached hydrogens (tertiary/aromatic N) is 4. The van der Waals surface area contributed by atoms with Crippen LogP contribution in [0, 0.1) is 13.8 Å². The number of amides is 2. The number of carbonyl (C=O) groups is 1. The zero-order valence-electron chi connectivity index (χ0n) is 19.4. The molecule has 0 bridgehead atoms. The van der Waals surface area contributed by atoms with Gasteiger partial charge in [-0.25, -0.2) is 14.8 Å². The fraction of sp³-hybridized carbons (Fsp3) is 0.320. The van der Waals surface area contributed by atoms with Crippen LogP contribution < -0.4 is 10.1 Å². The van der Waals surface area contributed by atoms with Crippen LogP contribution in [-0.4, -0.2) is 46.5 Å². The van der Waals surface area contributed by atoms with Crippen molar-refractivity contribution in [1.29, 1.82) is 0 Å². The first-order valence-corrected chi connectivity index (χ1v) is 10.7. The van der Waals surface area contributed by atoms with Gasteiger partial charge >= 0.3 is 6.03 Å². The monoisotopic (exact) mass is 431 g/mol. The van der Waals surface area contributed by atoms with Gasteiger partial charge < -0.3 is 14.6 Å². The van der Waals surface area contributed by atoms with Crippen LogP contribution in [0.25, 0.3) is 11.3 Å². The van der Waals surface area contributed by atoms with E-state index in [0.717, 1.165) is 50.8 Å². The van der Waals surface area contributed by atoms with Crippen molar-refractivity contribution in [3.63, 3.8) is 0 Å². The Morgan fingerprint density at radius 1 is 1.16 bits per heavy atom. The van der Waals surface area contributed by atoms with E-state index in [-0.39, 0.29) is 12.1 Å². The molecule has 0 radical (unpaired) electrons. The Kier molecular flexibility index (Phi) is 5.74. The third-order valence-corrected chi connectivity index (χ3v) is 6.11. The number of aromatic nitrogens is 2. The Labute approximate surface area is 188 Å². The van der Waals surface area contributed by atoms with E-state index in [1.807, 2.05) is 34.0 Å². The van der Waals surface area contributed by atoms with Gasteiger partial charge in [0.1, 0.15) is 11.6 Å². The lowest BCUT2D eigenvalue weighted by Gasteiger charge is -2.22. The second-order valence-corrected chi connectivity index (χ2v) is 8.21. The molecule has 0 saturated heterocycles. The molecule has 32 heavy (non-hydrogen) atoms. The number of benzene rings is 2. The van der Waals surface area contributed by atoms with E-state index >= 15 is 0 Å². The normalized spacial score (nSPS) is 15.6. The van der Waals surface area contributed by atoms with Gasteiger partial charge in [0.25, 0.3) is 0 Å².